The van der Waals surface area contributed by atoms with Gasteiger partial charge in [-0.15, -0.1) is 0 Å². The van der Waals surface area contributed by atoms with Gasteiger partial charge in [0.05, 0.1) is 10.9 Å². The van der Waals surface area contributed by atoms with E-state index in [4.69, 9.17) is 0 Å². The number of hydrogen-bond acceptors (Lipinski definition) is 5. The van der Waals surface area contributed by atoms with Gasteiger partial charge < -0.3 is 20.1 Å². The highest BCUT2D eigenvalue weighted by molar-refractivity contribution is 6.00. The highest BCUT2D eigenvalue weighted by Crippen LogP contribution is 2.26. The summed E-state index contributed by atoms with van der Waals surface area (Å²) < 4.78 is 1.41. The Hall–Kier alpha value is -3.68. The van der Waals surface area contributed by atoms with Crippen molar-refractivity contribution in [2.24, 2.45) is 5.41 Å². The zero-order chi connectivity index (χ0) is 21.9. The van der Waals surface area contributed by atoms with Crippen molar-refractivity contribution in [3.63, 3.8) is 0 Å². The van der Waals surface area contributed by atoms with Crippen LogP contribution in [-0.4, -0.2) is 38.2 Å². The Kier molecular flexibility index (Phi) is 5.86. The SMILES string of the molecule is CC(C)(CNC(=O)c1ncc2ccc(=O)n(CCc3ccccc3)c2c1O)C(=O)O. The zero-order valence-corrected chi connectivity index (χ0v) is 16.8. The van der Waals surface area contributed by atoms with Crippen molar-refractivity contribution in [1.29, 1.82) is 0 Å². The first-order valence-corrected chi connectivity index (χ1v) is 9.48. The van der Waals surface area contributed by atoms with Gasteiger partial charge in [0.15, 0.2) is 11.4 Å². The molecular formula is C22H23N3O5. The third-order valence-corrected chi connectivity index (χ3v) is 4.95. The van der Waals surface area contributed by atoms with Gasteiger partial charge in [-0.25, -0.2) is 4.98 Å². The number of pyridine rings is 2. The summed E-state index contributed by atoms with van der Waals surface area (Å²) in [7, 11) is 0. The number of carbonyl (C=O) groups is 2. The van der Waals surface area contributed by atoms with Crippen LogP contribution in [0, 0.1) is 5.41 Å². The summed E-state index contributed by atoms with van der Waals surface area (Å²) in [6.45, 7) is 3.12. The van der Waals surface area contributed by atoms with Crippen LogP contribution >= 0.6 is 0 Å². The van der Waals surface area contributed by atoms with E-state index < -0.39 is 23.0 Å². The molecular weight excluding hydrogens is 386 g/mol. The van der Waals surface area contributed by atoms with Crippen LogP contribution in [0.25, 0.3) is 10.9 Å². The van der Waals surface area contributed by atoms with Crippen LogP contribution in [0.2, 0.25) is 0 Å². The number of nitrogens with zero attached hydrogens (tertiary/aromatic N) is 2. The molecule has 0 unspecified atom stereocenters. The zero-order valence-electron chi connectivity index (χ0n) is 16.8. The number of benzene rings is 1. The maximum absolute atomic E-state index is 12.5. The number of rotatable bonds is 7. The van der Waals surface area contributed by atoms with E-state index >= 15 is 0 Å². The quantitative estimate of drug-likeness (QED) is 0.550. The summed E-state index contributed by atoms with van der Waals surface area (Å²) in [5, 5.41) is 23.0. The van der Waals surface area contributed by atoms with E-state index in [9.17, 15) is 24.6 Å². The van der Waals surface area contributed by atoms with Gasteiger partial charge in [0.2, 0.25) is 0 Å². The number of amides is 1. The Morgan fingerprint density at radius 3 is 2.50 bits per heavy atom. The molecule has 8 nitrogen and oxygen atoms in total. The van der Waals surface area contributed by atoms with Gasteiger partial charge in [-0.1, -0.05) is 30.3 Å². The molecule has 2 aromatic heterocycles. The number of aliphatic carboxylic acids is 1. The number of carboxylic acid groups (broad SMARTS) is 1. The number of carbonyl (C=O) groups excluding carboxylic acids is 1. The minimum Gasteiger partial charge on any atom is -0.504 e. The predicted molar refractivity (Wildman–Crippen MR) is 112 cm³/mol. The molecule has 1 aromatic carbocycles. The van der Waals surface area contributed by atoms with Crippen LogP contribution in [0.15, 0.2) is 53.5 Å². The number of aryl methyl sites for hydroxylation is 2. The van der Waals surface area contributed by atoms with Gasteiger partial charge in [0.1, 0.15) is 0 Å². The second kappa shape index (κ2) is 8.36. The summed E-state index contributed by atoms with van der Waals surface area (Å²) in [6, 6.07) is 12.5. The third-order valence-electron chi connectivity index (χ3n) is 4.95. The van der Waals surface area contributed by atoms with Crippen LogP contribution in [-0.2, 0) is 17.8 Å². The second-order valence-electron chi connectivity index (χ2n) is 7.69. The van der Waals surface area contributed by atoms with E-state index in [2.05, 4.69) is 10.3 Å². The summed E-state index contributed by atoms with van der Waals surface area (Å²) >= 11 is 0. The highest BCUT2D eigenvalue weighted by Gasteiger charge is 2.28. The molecule has 0 atom stereocenters. The minimum absolute atomic E-state index is 0.143. The van der Waals surface area contributed by atoms with Gasteiger partial charge in [-0.05, 0) is 31.9 Å². The average Bonchev–Trinajstić information content (AvgIpc) is 2.72. The predicted octanol–water partition coefficient (Wildman–Crippen LogP) is 2.19. The van der Waals surface area contributed by atoms with Crippen LogP contribution in [0.3, 0.4) is 0 Å². The standard InChI is InChI=1S/C22H23N3O5/c1-22(2,21(29)30)13-24-20(28)17-19(27)18-15(12-23-17)8-9-16(26)25(18)11-10-14-6-4-3-5-7-14/h3-9,12,27H,10-11,13H2,1-2H3,(H,24,28)(H,29,30). The third kappa shape index (κ3) is 4.32. The van der Waals surface area contributed by atoms with E-state index in [1.54, 1.807) is 6.07 Å². The molecule has 8 heteroatoms. The number of nitrogens with one attached hydrogen (secondary N) is 1. The largest absolute Gasteiger partial charge is 0.504 e. The first kappa shape index (κ1) is 21.0. The minimum atomic E-state index is -1.18. The number of aromatic hydroxyl groups is 1. The number of carboxylic acids is 1. The molecule has 0 bridgehead atoms. The van der Waals surface area contributed by atoms with Crippen molar-refractivity contribution in [1.82, 2.24) is 14.9 Å². The lowest BCUT2D eigenvalue weighted by molar-refractivity contribution is -0.146. The molecule has 0 fully saturated rings. The summed E-state index contributed by atoms with van der Waals surface area (Å²) in [4.78, 5) is 40.3. The lowest BCUT2D eigenvalue weighted by atomic mass is 9.94. The van der Waals surface area contributed by atoms with E-state index in [1.807, 2.05) is 30.3 Å². The van der Waals surface area contributed by atoms with Crippen molar-refractivity contribution < 1.29 is 19.8 Å². The first-order valence-electron chi connectivity index (χ1n) is 9.48. The molecule has 156 valence electrons. The maximum atomic E-state index is 12.5. The Morgan fingerprint density at radius 2 is 1.83 bits per heavy atom. The molecule has 3 rings (SSSR count). The van der Waals surface area contributed by atoms with Crippen LogP contribution in [0.1, 0.15) is 29.9 Å². The van der Waals surface area contributed by atoms with Gasteiger partial charge in [-0.3, -0.25) is 14.4 Å². The smallest absolute Gasteiger partial charge is 0.310 e. The molecule has 0 saturated heterocycles. The first-order chi connectivity index (χ1) is 14.2. The number of hydrogen-bond donors (Lipinski definition) is 3. The Morgan fingerprint density at radius 1 is 1.13 bits per heavy atom. The molecule has 0 aliphatic carbocycles. The van der Waals surface area contributed by atoms with Gasteiger partial charge >= 0.3 is 5.97 Å². The molecule has 3 N–H and O–H groups in total. The highest BCUT2D eigenvalue weighted by atomic mass is 16.4. The molecule has 0 spiro atoms. The van der Waals surface area contributed by atoms with Crippen LogP contribution in [0.4, 0.5) is 0 Å². The molecule has 2 heterocycles. The van der Waals surface area contributed by atoms with Crippen LogP contribution < -0.4 is 10.9 Å². The summed E-state index contributed by atoms with van der Waals surface area (Å²) in [5.41, 5.74) is -0.499. The molecule has 0 saturated carbocycles. The normalized spacial score (nSPS) is 11.4. The van der Waals surface area contributed by atoms with E-state index in [1.165, 1.54) is 30.7 Å². The van der Waals surface area contributed by atoms with Gasteiger partial charge in [0, 0.05) is 30.7 Å². The summed E-state index contributed by atoms with van der Waals surface area (Å²) in [6.07, 6.45) is 1.97. The van der Waals surface area contributed by atoms with Crippen molar-refractivity contribution in [3.8, 4) is 5.75 Å². The Balaban J connectivity index is 1.94. The van der Waals surface area contributed by atoms with Gasteiger partial charge in [-0.2, -0.15) is 0 Å². The second-order valence-corrected chi connectivity index (χ2v) is 7.69. The lowest BCUT2D eigenvalue weighted by Crippen LogP contribution is -2.39. The molecule has 3 aromatic rings. The van der Waals surface area contributed by atoms with Gasteiger partial charge in [0.25, 0.3) is 11.5 Å². The van der Waals surface area contributed by atoms with Crippen molar-refractivity contribution in [2.45, 2.75) is 26.8 Å². The fraction of sp³-hybridized carbons (Fsp3) is 0.273. The van der Waals surface area contributed by atoms with Crippen molar-refractivity contribution in [3.05, 3.63) is 70.3 Å². The Labute approximate surface area is 172 Å². The molecule has 1 amide bonds. The molecule has 30 heavy (non-hydrogen) atoms. The molecule has 0 aliphatic heterocycles. The topological polar surface area (TPSA) is 122 Å². The molecule has 0 aliphatic rings. The van der Waals surface area contributed by atoms with Crippen molar-refractivity contribution >= 4 is 22.8 Å². The van der Waals surface area contributed by atoms with E-state index in [0.717, 1.165) is 5.56 Å². The van der Waals surface area contributed by atoms with E-state index in [-0.39, 0.29) is 23.3 Å². The monoisotopic (exact) mass is 409 g/mol. The maximum Gasteiger partial charge on any atom is 0.310 e. The summed E-state index contributed by atoms with van der Waals surface area (Å²) in [5.74, 6) is -2.19. The van der Waals surface area contributed by atoms with E-state index in [0.29, 0.717) is 18.4 Å². The average molecular weight is 409 g/mol. The molecule has 0 radical (unpaired) electrons. The van der Waals surface area contributed by atoms with Crippen LogP contribution in [0.5, 0.6) is 5.75 Å². The number of aromatic nitrogens is 2. The number of fused-ring (bicyclic) bond motifs is 1. The fourth-order valence-corrected chi connectivity index (χ4v) is 3.01. The lowest BCUT2D eigenvalue weighted by Gasteiger charge is -2.19. The van der Waals surface area contributed by atoms with Crippen molar-refractivity contribution in [2.75, 3.05) is 6.54 Å². The Bertz CT molecular complexity index is 1150. The fourth-order valence-electron chi connectivity index (χ4n) is 3.01.